The number of hydrogen-bond donors (Lipinski definition) is 1. The fraction of sp³-hybridized carbons (Fsp3) is 0.438. The molecule has 0 saturated carbocycles. The maximum Gasteiger partial charge on any atom is 0.0969 e. The molecule has 0 bridgehead atoms. The predicted molar refractivity (Wildman–Crippen MR) is 77.1 cm³/mol. The van der Waals surface area contributed by atoms with Gasteiger partial charge in [0.1, 0.15) is 0 Å². The molecule has 3 heteroatoms. The molecular weight excluding hydrogens is 236 g/mol. The van der Waals surface area contributed by atoms with Gasteiger partial charge in [0.05, 0.1) is 24.7 Å². The molecule has 0 amide bonds. The van der Waals surface area contributed by atoms with Gasteiger partial charge in [-0.25, -0.2) is 4.98 Å². The molecule has 1 atom stereocenters. The predicted octanol–water partition coefficient (Wildman–Crippen LogP) is 3.19. The monoisotopic (exact) mass is 258 g/mol. The highest BCUT2D eigenvalue weighted by Gasteiger charge is 2.10. The van der Waals surface area contributed by atoms with Crippen LogP contribution in [-0.2, 0) is 13.0 Å². The van der Waals surface area contributed by atoms with E-state index in [9.17, 15) is 5.11 Å². The van der Waals surface area contributed by atoms with Gasteiger partial charge in [-0.1, -0.05) is 37.6 Å². The molecule has 2 rings (SSSR count). The first-order valence-corrected chi connectivity index (χ1v) is 6.87. The maximum atomic E-state index is 10.3. The quantitative estimate of drug-likeness (QED) is 0.894. The molecule has 0 radical (unpaired) electrons. The van der Waals surface area contributed by atoms with Crippen LogP contribution in [0.15, 0.2) is 30.6 Å². The van der Waals surface area contributed by atoms with Crippen molar-refractivity contribution in [3.8, 4) is 0 Å². The second kappa shape index (κ2) is 6.02. The molecule has 19 heavy (non-hydrogen) atoms. The number of aliphatic hydroxyl groups is 1. The molecule has 1 aromatic heterocycles. The van der Waals surface area contributed by atoms with Crippen LogP contribution in [-0.4, -0.2) is 14.7 Å². The zero-order chi connectivity index (χ0) is 13.8. The standard InChI is InChI=1S/C16H22N2O/c1-4-5-14-6-8-15(9-7-14)16(19)10-18-11-17-12(2)13(18)3/h6-9,11,16,19H,4-5,10H2,1-3H3. The Labute approximate surface area is 114 Å². The Balaban J connectivity index is 2.07. The van der Waals surface area contributed by atoms with Crippen molar-refractivity contribution in [3.05, 3.63) is 53.1 Å². The summed E-state index contributed by atoms with van der Waals surface area (Å²) in [6, 6.07) is 8.26. The van der Waals surface area contributed by atoms with E-state index in [0.717, 1.165) is 29.8 Å². The van der Waals surface area contributed by atoms with Gasteiger partial charge >= 0.3 is 0 Å². The van der Waals surface area contributed by atoms with Gasteiger partial charge in [0.2, 0.25) is 0 Å². The molecular formula is C16H22N2O. The van der Waals surface area contributed by atoms with Crippen LogP contribution in [0.25, 0.3) is 0 Å². The van der Waals surface area contributed by atoms with Gasteiger partial charge in [0.15, 0.2) is 0 Å². The molecule has 0 spiro atoms. The van der Waals surface area contributed by atoms with Gasteiger partial charge in [-0.3, -0.25) is 0 Å². The smallest absolute Gasteiger partial charge is 0.0969 e. The maximum absolute atomic E-state index is 10.3. The zero-order valence-electron chi connectivity index (χ0n) is 11.9. The minimum Gasteiger partial charge on any atom is -0.387 e. The number of benzene rings is 1. The molecule has 1 heterocycles. The van der Waals surface area contributed by atoms with Crippen LogP contribution >= 0.6 is 0 Å². The van der Waals surface area contributed by atoms with Crippen molar-refractivity contribution in [2.24, 2.45) is 0 Å². The Bertz CT molecular complexity index is 528. The van der Waals surface area contributed by atoms with Crippen LogP contribution in [0.2, 0.25) is 0 Å². The van der Waals surface area contributed by atoms with E-state index in [2.05, 4.69) is 24.0 Å². The number of rotatable bonds is 5. The first kappa shape index (κ1) is 13.8. The van der Waals surface area contributed by atoms with Crippen molar-refractivity contribution in [1.29, 1.82) is 0 Å². The lowest BCUT2D eigenvalue weighted by Crippen LogP contribution is -2.09. The Morgan fingerprint density at radius 3 is 2.42 bits per heavy atom. The number of hydrogen-bond acceptors (Lipinski definition) is 2. The van der Waals surface area contributed by atoms with E-state index in [1.807, 2.05) is 30.5 Å². The SMILES string of the molecule is CCCc1ccc(C(O)Cn2cnc(C)c2C)cc1. The molecule has 0 aliphatic heterocycles. The number of imidazole rings is 1. The Hall–Kier alpha value is -1.61. The second-order valence-electron chi connectivity index (χ2n) is 5.08. The fourth-order valence-corrected chi connectivity index (χ4v) is 2.22. The summed E-state index contributed by atoms with van der Waals surface area (Å²) in [7, 11) is 0. The average molecular weight is 258 g/mol. The number of nitrogens with zero attached hydrogens (tertiary/aromatic N) is 2. The highest BCUT2D eigenvalue weighted by molar-refractivity contribution is 5.24. The van der Waals surface area contributed by atoms with Crippen molar-refractivity contribution in [2.45, 2.75) is 46.3 Å². The molecule has 102 valence electrons. The fourth-order valence-electron chi connectivity index (χ4n) is 2.22. The summed E-state index contributed by atoms with van der Waals surface area (Å²) in [6.07, 6.45) is 3.55. The molecule has 0 saturated heterocycles. The normalized spacial score (nSPS) is 12.6. The number of aromatic nitrogens is 2. The number of aryl methyl sites for hydroxylation is 2. The Kier molecular flexibility index (Phi) is 4.38. The Morgan fingerprint density at radius 1 is 1.21 bits per heavy atom. The first-order chi connectivity index (χ1) is 9.11. The highest BCUT2D eigenvalue weighted by atomic mass is 16.3. The van der Waals surface area contributed by atoms with Gasteiger partial charge < -0.3 is 9.67 Å². The molecule has 1 unspecified atom stereocenters. The van der Waals surface area contributed by atoms with Crippen LogP contribution in [0, 0.1) is 13.8 Å². The Morgan fingerprint density at radius 2 is 1.89 bits per heavy atom. The molecule has 1 N–H and O–H groups in total. The van der Waals surface area contributed by atoms with E-state index in [0.29, 0.717) is 6.54 Å². The van der Waals surface area contributed by atoms with Gasteiger partial charge in [0, 0.05) is 5.69 Å². The van der Waals surface area contributed by atoms with E-state index in [1.165, 1.54) is 5.56 Å². The summed E-state index contributed by atoms with van der Waals surface area (Å²) in [4.78, 5) is 4.25. The average Bonchev–Trinajstić information content (AvgIpc) is 2.72. The minimum atomic E-state index is -0.483. The van der Waals surface area contributed by atoms with E-state index < -0.39 is 6.10 Å². The summed E-state index contributed by atoms with van der Waals surface area (Å²) in [5, 5.41) is 10.3. The van der Waals surface area contributed by atoms with E-state index in [-0.39, 0.29) is 0 Å². The van der Waals surface area contributed by atoms with Crippen molar-refractivity contribution in [2.75, 3.05) is 0 Å². The van der Waals surface area contributed by atoms with Crippen LogP contribution in [0.3, 0.4) is 0 Å². The molecule has 0 aliphatic carbocycles. The van der Waals surface area contributed by atoms with Crippen LogP contribution in [0.5, 0.6) is 0 Å². The van der Waals surface area contributed by atoms with Crippen molar-refractivity contribution in [3.63, 3.8) is 0 Å². The molecule has 3 nitrogen and oxygen atoms in total. The second-order valence-corrected chi connectivity index (χ2v) is 5.08. The third kappa shape index (κ3) is 3.24. The van der Waals surface area contributed by atoms with Gasteiger partial charge in [-0.15, -0.1) is 0 Å². The van der Waals surface area contributed by atoms with E-state index in [4.69, 9.17) is 0 Å². The van der Waals surface area contributed by atoms with Crippen molar-refractivity contribution in [1.82, 2.24) is 9.55 Å². The van der Waals surface area contributed by atoms with Gasteiger partial charge in [-0.05, 0) is 31.4 Å². The van der Waals surface area contributed by atoms with Crippen LogP contribution in [0.1, 0.15) is 42.0 Å². The molecule has 1 aromatic carbocycles. The zero-order valence-corrected chi connectivity index (χ0v) is 11.9. The largest absolute Gasteiger partial charge is 0.387 e. The third-order valence-electron chi connectivity index (χ3n) is 3.62. The van der Waals surface area contributed by atoms with E-state index in [1.54, 1.807) is 6.33 Å². The minimum absolute atomic E-state index is 0.483. The number of aliphatic hydroxyl groups excluding tert-OH is 1. The summed E-state index contributed by atoms with van der Waals surface area (Å²) < 4.78 is 2.00. The van der Waals surface area contributed by atoms with Gasteiger partial charge in [0.25, 0.3) is 0 Å². The molecule has 2 aromatic rings. The first-order valence-electron chi connectivity index (χ1n) is 6.87. The molecule has 0 fully saturated rings. The summed E-state index contributed by atoms with van der Waals surface area (Å²) in [6.45, 7) is 6.74. The topological polar surface area (TPSA) is 38.0 Å². The van der Waals surface area contributed by atoms with Crippen molar-refractivity contribution < 1.29 is 5.11 Å². The summed E-state index contributed by atoms with van der Waals surface area (Å²) >= 11 is 0. The van der Waals surface area contributed by atoms with E-state index >= 15 is 0 Å². The lowest BCUT2D eigenvalue weighted by molar-refractivity contribution is 0.155. The van der Waals surface area contributed by atoms with Crippen LogP contribution < -0.4 is 0 Å². The summed E-state index contributed by atoms with van der Waals surface area (Å²) in [5.74, 6) is 0. The lowest BCUT2D eigenvalue weighted by atomic mass is 10.0. The van der Waals surface area contributed by atoms with Gasteiger partial charge in [-0.2, -0.15) is 0 Å². The third-order valence-corrected chi connectivity index (χ3v) is 3.62. The molecule has 0 aliphatic rings. The summed E-state index contributed by atoms with van der Waals surface area (Å²) in [5.41, 5.74) is 4.42. The van der Waals surface area contributed by atoms with Crippen molar-refractivity contribution >= 4 is 0 Å². The lowest BCUT2D eigenvalue weighted by Gasteiger charge is -2.13. The van der Waals surface area contributed by atoms with Crippen LogP contribution in [0.4, 0.5) is 0 Å². The highest BCUT2D eigenvalue weighted by Crippen LogP contribution is 2.18.